The van der Waals surface area contributed by atoms with Gasteiger partial charge in [0.25, 0.3) is 0 Å². The number of rotatable bonds is 1. The van der Waals surface area contributed by atoms with E-state index in [2.05, 4.69) is 19.9 Å². The van der Waals surface area contributed by atoms with Crippen molar-refractivity contribution in [3.8, 4) is 11.1 Å². The maximum absolute atomic E-state index is 12.0. The number of benzene rings is 2. The lowest BCUT2D eigenvalue weighted by Crippen LogP contribution is -2.12. The summed E-state index contributed by atoms with van der Waals surface area (Å²) < 4.78 is 0. The van der Waals surface area contributed by atoms with Gasteiger partial charge in [-0.15, -0.1) is 0 Å². The molecule has 0 amide bonds. The highest BCUT2D eigenvalue weighted by Crippen LogP contribution is 2.40. The van der Waals surface area contributed by atoms with E-state index in [0.717, 1.165) is 22.3 Å². The van der Waals surface area contributed by atoms with Crippen molar-refractivity contribution >= 4 is 29.0 Å². The summed E-state index contributed by atoms with van der Waals surface area (Å²) in [6, 6.07) is 11.6. The highest BCUT2D eigenvalue weighted by Gasteiger charge is 2.35. The van der Waals surface area contributed by atoms with Crippen LogP contribution in [0.1, 0.15) is 36.2 Å². The molecular formula is C17H14Cl2O. The fraction of sp³-hybridized carbons (Fsp3) is 0.235. The molecule has 3 heteroatoms. The van der Waals surface area contributed by atoms with E-state index >= 15 is 0 Å². The molecule has 3 rings (SSSR count). The summed E-state index contributed by atoms with van der Waals surface area (Å²) in [6.45, 7) is 4.21. The molecule has 0 atom stereocenters. The van der Waals surface area contributed by atoms with E-state index in [9.17, 15) is 4.79 Å². The summed E-state index contributed by atoms with van der Waals surface area (Å²) in [5, 5.41) is 1.09. The molecule has 1 aliphatic rings. The predicted octanol–water partition coefficient (Wildman–Crippen LogP) is 5.52. The molecule has 0 bridgehead atoms. The van der Waals surface area contributed by atoms with Crippen LogP contribution < -0.4 is 0 Å². The monoisotopic (exact) mass is 304 g/mol. The van der Waals surface area contributed by atoms with Crippen LogP contribution in [0.4, 0.5) is 0 Å². The summed E-state index contributed by atoms with van der Waals surface area (Å²) in [5.74, 6) is 0.227. The smallest absolute Gasteiger partial charge is 0.164 e. The van der Waals surface area contributed by atoms with Crippen molar-refractivity contribution in [3.05, 3.63) is 57.6 Å². The van der Waals surface area contributed by atoms with E-state index in [1.54, 1.807) is 6.07 Å². The fourth-order valence-corrected chi connectivity index (χ4v) is 3.09. The first-order chi connectivity index (χ1) is 9.38. The van der Waals surface area contributed by atoms with Crippen molar-refractivity contribution in [1.82, 2.24) is 0 Å². The molecule has 0 aromatic heterocycles. The molecule has 0 spiro atoms. The van der Waals surface area contributed by atoms with Gasteiger partial charge >= 0.3 is 0 Å². The van der Waals surface area contributed by atoms with E-state index in [4.69, 9.17) is 23.2 Å². The molecule has 1 aliphatic carbocycles. The first-order valence-electron chi connectivity index (χ1n) is 6.52. The van der Waals surface area contributed by atoms with Gasteiger partial charge in [0.1, 0.15) is 0 Å². The second-order valence-electron chi connectivity index (χ2n) is 5.87. The molecule has 1 nitrogen and oxygen atoms in total. The lowest BCUT2D eigenvalue weighted by atomic mass is 9.85. The molecule has 102 valence electrons. The van der Waals surface area contributed by atoms with E-state index in [1.807, 2.05) is 24.3 Å². The number of fused-ring (bicyclic) bond motifs is 1. The highest BCUT2D eigenvalue weighted by atomic mass is 35.5. The summed E-state index contributed by atoms with van der Waals surface area (Å²) in [6.07, 6.45) is 0.577. The molecule has 0 unspecified atom stereocenters. The highest BCUT2D eigenvalue weighted by molar-refractivity contribution is 6.42. The SMILES string of the molecule is CC1(C)CC(=O)c2ccc(-c3ccc(Cl)c(Cl)c3)cc21. The summed E-state index contributed by atoms with van der Waals surface area (Å²) in [7, 11) is 0. The number of halogens is 2. The first-order valence-corrected chi connectivity index (χ1v) is 7.27. The minimum atomic E-state index is -0.0986. The van der Waals surface area contributed by atoms with E-state index in [1.165, 1.54) is 0 Å². The zero-order valence-electron chi connectivity index (χ0n) is 11.3. The zero-order valence-corrected chi connectivity index (χ0v) is 12.8. The Morgan fingerprint density at radius 3 is 2.30 bits per heavy atom. The number of hydrogen-bond acceptors (Lipinski definition) is 1. The average Bonchev–Trinajstić information content (AvgIpc) is 2.63. The van der Waals surface area contributed by atoms with Crippen LogP contribution >= 0.6 is 23.2 Å². The number of Topliss-reactive ketones (excluding diaryl/α,β-unsaturated/α-hetero) is 1. The van der Waals surface area contributed by atoms with E-state index in [0.29, 0.717) is 16.5 Å². The van der Waals surface area contributed by atoms with Crippen LogP contribution in [-0.2, 0) is 5.41 Å². The Balaban J connectivity index is 2.13. The minimum Gasteiger partial charge on any atom is -0.294 e. The number of hydrogen-bond donors (Lipinski definition) is 0. The van der Waals surface area contributed by atoms with Gasteiger partial charge in [0.2, 0.25) is 0 Å². The van der Waals surface area contributed by atoms with Gasteiger partial charge in [0.15, 0.2) is 5.78 Å². The molecule has 0 aliphatic heterocycles. The summed E-state index contributed by atoms with van der Waals surface area (Å²) in [5.41, 5.74) is 3.94. The Hall–Kier alpha value is -1.31. The molecule has 20 heavy (non-hydrogen) atoms. The van der Waals surface area contributed by atoms with Crippen LogP contribution in [0.15, 0.2) is 36.4 Å². The molecule has 0 heterocycles. The lowest BCUT2D eigenvalue weighted by molar-refractivity contribution is 0.0979. The van der Waals surface area contributed by atoms with Crippen molar-refractivity contribution in [2.75, 3.05) is 0 Å². The van der Waals surface area contributed by atoms with Gasteiger partial charge in [-0.25, -0.2) is 0 Å². The van der Waals surface area contributed by atoms with Gasteiger partial charge in [0, 0.05) is 12.0 Å². The third kappa shape index (κ3) is 2.15. The average molecular weight is 305 g/mol. The number of carbonyl (C=O) groups is 1. The standard InChI is InChI=1S/C17H14Cl2O/c1-17(2)9-16(20)12-5-3-10(7-13(12)17)11-4-6-14(18)15(19)8-11/h3-8H,9H2,1-2H3. The number of ketones is 1. The molecule has 0 radical (unpaired) electrons. The van der Waals surface area contributed by atoms with Crippen LogP contribution in [0, 0.1) is 0 Å². The first kappa shape index (κ1) is 13.7. The van der Waals surface area contributed by atoms with Crippen LogP contribution in [-0.4, -0.2) is 5.78 Å². The second-order valence-corrected chi connectivity index (χ2v) is 6.69. The molecule has 0 saturated heterocycles. The largest absolute Gasteiger partial charge is 0.294 e. The Bertz CT molecular complexity index is 717. The van der Waals surface area contributed by atoms with Crippen LogP contribution in [0.3, 0.4) is 0 Å². The topological polar surface area (TPSA) is 17.1 Å². The maximum atomic E-state index is 12.0. The normalized spacial score (nSPS) is 16.3. The third-order valence-electron chi connectivity index (χ3n) is 3.90. The predicted molar refractivity (Wildman–Crippen MR) is 83.9 cm³/mol. The van der Waals surface area contributed by atoms with Crippen LogP contribution in [0.5, 0.6) is 0 Å². The maximum Gasteiger partial charge on any atom is 0.164 e. The van der Waals surface area contributed by atoms with Crippen molar-refractivity contribution in [3.63, 3.8) is 0 Å². The van der Waals surface area contributed by atoms with E-state index < -0.39 is 0 Å². The van der Waals surface area contributed by atoms with E-state index in [-0.39, 0.29) is 11.2 Å². The molecule has 0 saturated carbocycles. The fourth-order valence-electron chi connectivity index (χ4n) is 2.79. The van der Waals surface area contributed by atoms with Gasteiger partial charge in [-0.05, 0) is 40.3 Å². The number of carbonyl (C=O) groups excluding carboxylic acids is 1. The van der Waals surface area contributed by atoms with Gasteiger partial charge in [-0.3, -0.25) is 4.79 Å². The Labute approximate surface area is 128 Å². The van der Waals surface area contributed by atoms with Crippen LogP contribution in [0.2, 0.25) is 10.0 Å². The van der Waals surface area contributed by atoms with Crippen molar-refractivity contribution in [2.24, 2.45) is 0 Å². The van der Waals surface area contributed by atoms with Gasteiger partial charge in [-0.1, -0.05) is 55.2 Å². The molecule has 0 N–H and O–H groups in total. The quantitative estimate of drug-likeness (QED) is 0.677. The van der Waals surface area contributed by atoms with Crippen molar-refractivity contribution in [1.29, 1.82) is 0 Å². The van der Waals surface area contributed by atoms with Crippen LogP contribution in [0.25, 0.3) is 11.1 Å². The second kappa shape index (κ2) is 4.61. The minimum absolute atomic E-state index is 0.0986. The lowest BCUT2D eigenvalue weighted by Gasteiger charge is -2.18. The van der Waals surface area contributed by atoms with Crippen molar-refractivity contribution in [2.45, 2.75) is 25.7 Å². The molecule has 2 aromatic rings. The van der Waals surface area contributed by atoms with Crippen molar-refractivity contribution < 1.29 is 4.79 Å². The Morgan fingerprint density at radius 1 is 0.950 bits per heavy atom. The molecular weight excluding hydrogens is 291 g/mol. The third-order valence-corrected chi connectivity index (χ3v) is 4.64. The Kier molecular flexibility index (Phi) is 3.15. The molecule has 2 aromatic carbocycles. The van der Waals surface area contributed by atoms with Gasteiger partial charge < -0.3 is 0 Å². The van der Waals surface area contributed by atoms with Gasteiger partial charge in [-0.2, -0.15) is 0 Å². The molecule has 0 fully saturated rings. The zero-order chi connectivity index (χ0) is 14.5. The summed E-state index contributed by atoms with van der Waals surface area (Å²) in [4.78, 5) is 12.0. The Morgan fingerprint density at radius 2 is 1.60 bits per heavy atom. The summed E-state index contributed by atoms with van der Waals surface area (Å²) >= 11 is 12.0. The van der Waals surface area contributed by atoms with Gasteiger partial charge in [0.05, 0.1) is 10.0 Å².